The second-order valence-electron chi connectivity index (χ2n) is 12.6. The zero-order chi connectivity index (χ0) is 33.6. The molecule has 3 fully saturated rings. The highest BCUT2D eigenvalue weighted by molar-refractivity contribution is 6.04. The van der Waals surface area contributed by atoms with Crippen LogP contribution in [-0.2, 0) is 4.74 Å². The van der Waals surface area contributed by atoms with Crippen LogP contribution in [0, 0.1) is 24.0 Å². The summed E-state index contributed by atoms with van der Waals surface area (Å²) in [4.78, 5) is 17.8. The summed E-state index contributed by atoms with van der Waals surface area (Å²) in [7, 11) is 2.86. The fraction of sp³-hybridized carbons (Fsp3) is 0.457. The molecule has 2 aromatic carbocycles. The molecule has 0 saturated carbocycles. The lowest BCUT2D eigenvalue weighted by Crippen LogP contribution is -2.43. The van der Waals surface area contributed by atoms with Crippen LogP contribution in [0.4, 0.5) is 19.0 Å². The summed E-state index contributed by atoms with van der Waals surface area (Å²) in [5.74, 6) is 1.50. The minimum atomic E-state index is -0.955. The summed E-state index contributed by atoms with van der Waals surface area (Å²) >= 11 is 0. The van der Waals surface area contributed by atoms with Gasteiger partial charge in [0.15, 0.2) is 12.6 Å². The summed E-state index contributed by atoms with van der Waals surface area (Å²) < 4.78 is 69.4. The molecule has 0 spiro atoms. The van der Waals surface area contributed by atoms with E-state index in [0.29, 0.717) is 43.5 Å². The van der Waals surface area contributed by atoms with Crippen LogP contribution in [0.5, 0.6) is 17.6 Å². The van der Waals surface area contributed by atoms with Crippen molar-refractivity contribution in [1.29, 1.82) is 0 Å². The number of aliphatic hydroxyl groups is 1. The largest absolute Gasteiger partial charge is 0.480 e. The number of halogens is 3. The first-order chi connectivity index (χ1) is 23.2. The molecule has 0 aliphatic carbocycles. The summed E-state index contributed by atoms with van der Waals surface area (Å²) in [6.45, 7) is 1.94. The van der Waals surface area contributed by atoms with Gasteiger partial charge >= 0.3 is 6.01 Å². The van der Waals surface area contributed by atoms with Crippen molar-refractivity contribution >= 4 is 27.5 Å². The quantitative estimate of drug-likeness (QED) is 0.194. The van der Waals surface area contributed by atoms with Gasteiger partial charge in [-0.25, -0.2) is 18.2 Å². The maximum atomic E-state index is 17.1. The van der Waals surface area contributed by atoms with E-state index in [9.17, 15) is 9.50 Å². The monoisotopic (exact) mass is 663 g/mol. The van der Waals surface area contributed by atoms with Gasteiger partial charge in [-0.05, 0) is 55.8 Å². The van der Waals surface area contributed by atoms with Crippen LogP contribution < -0.4 is 19.1 Å². The zero-order valence-corrected chi connectivity index (χ0v) is 26.8. The Bertz CT molecular complexity index is 1920. The van der Waals surface area contributed by atoms with Crippen molar-refractivity contribution in [2.75, 3.05) is 58.7 Å². The third kappa shape index (κ3) is 5.61. The number of nitrogens with zero attached hydrogens (tertiary/aromatic N) is 5. The zero-order valence-electron chi connectivity index (χ0n) is 26.8. The molecule has 0 radical (unpaired) electrons. The van der Waals surface area contributed by atoms with Crippen molar-refractivity contribution in [1.82, 2.24) is 19.9 Å². The van der Waals surface area contributed by atoms with Crippen molar-refractivity contribution in [2.24, 2.45) is 0 Å². The Labute approximate surface area is 275 Å². The van der Waals surface area contributed by atoms with Crippen LogP contribution in [0.15, 0.2) is 24.3 Å². The molecule has 0 unspecified atom stereocenters. The topological polar surface area (TPSA) is 102 Å². The number of piperidine rings is 1. The van der Waals surface area contributed by atoms with Crippen molar-refractivity contribution in [2.45, 2.75) is 49.9 Å². The van der Waals surface area contributed by atoms with Gasteiger partial charge in [0.25, 0.3) is 0 Å². The van der Waals surface area contributed by atoms with E-state index in [2.05, 4.69) is 20.8 Å². The third-order valence-corrected chi connectivity index (χ3v) is 9.62. The van der Waals surface area contributed by atoms with Gasteiger partial charge in [0.05, 0.1) is 24.3 Å². The fourth-order valence-corrected chi connectivity index (χ4v) is 7.47. The number of pyridine rings is 1. The molecule has 3 atom stereocenters. The van der Waals surface area contributed by atoms with Crippen molar-refractivity contribution in [3.05, 3.63) is 41.5 Å². The Morgan fingerprint density at radius 1 is 1.06 bits per heavy atom. The minimum absolute atomic E-state index is 0.00895. The number of methoxy groups -OCH3 is 2. The molecule has 0 bridgehead atoms. The number of aliphatic hydroxyl groups excluding tert-OH is 1. The summed E-state index contributed by atoms with van der Waals surface area (Å²) in [5.41, 5.74) is -0.766. The second-order valence-corrected chi connectivity index (χ2v) is 12.6. The normalized spacial score (nSPS) is 22.6. The average Bonchev–Trinajstić information content (AvgIpc) is 3.61. The van der Waals surface area contributed by atoms with Crippen LogP contribution in [-0.4, -0.2) is 96.6 Å². The number of hydrogen-bond donors (Lipinski definition) is 1. The van der Waals surface area contributed by atoms with E-state index in [4.69, 9.17) is 30.4 Å². The van der Waals surface area contributed by atoms with Crippen LogP contribution in [0.25, 0.3) is 32.9 Å². The standard InChI is InChI=1S/C35H36F3N5O5/c1-4-24-26(37)9-8-20-13-23(48-19-45-2)14-25(27(20)24)30-29(38)31-28(33(39-30)46-3)32(42-11-5-7-22(44)17-42)41-34(40-31)47-18-35-10-6-12-43(35)16-21(36)15-35/h1,8-9,13-14,21-22,44H,5-7,10-12,15-19H2,2-3H3/t21-,22-,35+/m1/s1. The SMILES string of the molecule is C#Cc1c(F)ccc2cc(OCOC)cc(-c3nc(OC)c4c(N5CCC[C@@H](O)C5)nc(OC[C@@]56CCCN5C[C@H](F)C6)nc4c3F)c12. The first-order valence-electron chi connectivity index (χ1n) is 16.0. The number of ether oxygens (including phenoxy) is 4. The molecule has 0 amide bonds. The lowest BCUT2D eigenvalue weighted by atomic mass is 9.95. The Morgan fingerprint density at radius 3 is 2.69 bits per heavy atom. The number of benzene rings is 2. The number of fused-ring (bicyclic) bond motifs is 3. The van der Waals surface area contributed by atoms with Crippen molar-refractivity contribution in [3.63, 3.8) is 0 Å². The molecular formula is C35H36F3N5O5. The van der Waals surface area contributed by atoms with Gasteiger partial charge in [-0.1, -0.05) is 12.0 Å². The van der Waals surface area contributed by atoms with Gasteiger partial charge in [0.2, 0.25) is 5.88 Å². The van der Waals surface area contributed by atoms with Crippen molar-refractivity contribution in [3.8, 4) is 41.2 Å². The molecule has 7 rings (SSSR count). The summed E-state index contributed by atoms with van der Waals surface area (Å²) in [6, 6.07) is 5.83. The number of alkyl halides is 1. The predicted octanol–water partition coefficient (Wildman–Crippen LogP) is 5.01. The highest BCUT2D eigenvalue weighted by Crippen LogP contribution is 2.44. The molecule has 3 aliphatic heterocycles. The van der Waals surface area contributed by atoms with Gasteiger partial charge < -0.3 is 29.0 Å². The minimum Gasteiger partial charge on any atom is -0.480 e. The van der Waals surface area contributed by atoms with E-state index < -0.39 is 29.4 Å². The molecule has 4 aromatic rings. The van der Waals surface area contributed by atoms with E-state index in [1.165, 1.54) is 32.4 Å². The smallest absolute Gasteiger partial charge is 0.319 e. The molecule has 5 heterocycles. The Hall–Kier alpha value is -4.38. The van der Waals surface area contributed by atoms with Gasteiger partial charge in [-0.3, -0.25) is 4.90 Å². The Morgan fingerprint density at radius 2 is 1.92 bits per heavy atom. The molecular weight excluding hydrogens is 627 g/mol. The molecule has 3 aliphatic rings. The Kier molecular flexibility index (Phi) is 8.66. The number of rotatable bonds is 9. The summed E-state index contributed by atoms with van der Waals surface area (Å²) in [6.07, 6.45) is 7.50. The highest BCUT2D eigenvalue weighted by atomic mass is 19.1. The maximum absolute atomic E-state index is 17.1. The molecule has 3 saturated heterocycles. The number of aromatic nitrogens is 3. The van der Waals surface area contributed by atoms with Gasteiger partial charge in [0, 0.05) is 44.1 Å². The molecule has 2 aromatic heterocycles. The highest BCUT2D eigenvalue weighted by Gasteiger charge is 2.49. The fourth-order valence-electron chi connectivity index (χ4n) is 7.47. The first-order valence-corrected chi connectivity index (χ1v) is 16.0. The van der Waals surface area contributed by atoms with E-state index in [-0.39, 0.29) is 70.8 Å². The van der Waals surface area contributed by atoms with E-state index in [1.54, 1.807) is 6.07 Å². The number of anilines is 1. The lowest BCUT2D eigenvalue weighted by molar-refractivity contribution is 0.0512. The van der Waals surface area contributed by atoms with E-state index >= 15 is 8.78 Å². The molecule has 10 nitrogen and oxygen atoms in total. The second kappa shape index (κ2) is 12.9. The van der Waals surface area contributed by atoms with E-state index in [0.717, 1.165) is 19.4 Å². The van der Waals surface area contributed by atoms with Gasteiger partial charge in [-0.2, -0.15) is 9.97 Å². The number of hydrogen-bond acceptors (Lipinski definition) is 10. The predicted molar refractivity (Wildman–Crippen MR) is 173 cm³/mol. The number of terminal acetylenes is 1. The molecule has 1 N–H and O–H groups in total. The van der Waals surface area contributed by atoms with Crippen LogP contribution in [0.1, 0.15) is 37.7 Å². The van der Waals surface area contributed by atoms with Gasteiger partial charge in [0.1, 0.15) is 46.8 Å². The van der Waals surface area contributed by atoms with Crippen LogP contribution in [0.3, 0.4) is 0 Å². The average molecular weight is 664 g/mol. The Balaban J connectivity index is 1.44. The van der Waals surface area contributed by atoms with E-state index in [1.807, 2.05) is 4.90 Å². The van der Waals surface area contributed by atoms with Crippen LogP contribution >= 0.6 is 0 Å². The third-order valence-electron chi connectivity index (χ3n) is 9.62. The lowest BCUT2D eigenvalue weighted by Gasteiger charge is -2.33. The molecule has 48 heavy (non-hydrogen) atoms. The molecule has 13 heteroatoms. The first kappa shape index (κ1) is 32.2. The maximum Gasteiger partial charge on any atom is 0.319 e. The van der Waals surface area contributed by atoms with Crippen LogP contribution in [0.2, 0.25) is 0 Å². The number of β-amino-alcohol motifs (C(OH)–C–C–N with tert-alkyl or cyclic N) is 1. The molecule has 252 valence electrons. The van der Waals surface area contributed by atoms with Gasteiger partial charge in [-0.15, -0.1) is 6.42 Å². The van der Waals surface area contributed by atoms with Crippen molar-refractivity contribution < 1.29 is 37.2 Å². The summed E-state index contributed by atoms with van der Waals surface area (Å²) in [5, 5.41) is 11.5.